The van der Waals surface area contributed by atoms with E-state index in [1.165, 1.54) is 15.6 Å². The van der Waals surface area contributed by atoms with Crippen LogP contribution in [0.3, 0.4) is 0 Å². The zero-order valence-electron chi connectivity index (χ0n) is 9.29. The van der Waals surface area contributed by atoms with E-state index in [0.29, 0.717) is 0 Å². The Morgan fingerprint density at radius 2 is 2.00 bits per heavy atom. The molecule has 0 saturated heterocycles. The highest BCUT2D eigenvalue weighted by Crippen LogP contribution is 2.09. The summed E-state index contributed by atoms with van der Waals surface area (Å²) in [5.74, 6) is 0. The Bertz CT molecular complexity index is 273. The van der Waals surface area contributed by atoms with Crippen LogP contribution in [0.1, 0.15) is 18.9 Å². The van der Waals surface area contributed by atoms with Crippen LogP contribution < -0.4 is 5.32 Å². The van der Waals surface area contributed by atoms with Gasteiger partial charge in [-0.15, -0.1) is 0 Å². The molecule has 1 nitrogen and oxygen atoms in total. The lowest BCUT2D eigenvalue weighted by Gasteiger charge is -2.09. The van der Waals surface area contributed by atoms with Gasteiger partial charge in [-0.2, -0.15) is 11.8 Å². The van der Waals surface area contributed by atoms with Crippen LogP contribution in [0, 0.1) is 3.57 Å². The molecule has 0 heterocycles. The summed E-state index contributed by atoms with van der Waals surface area (Å²) < 4.78 is 1.30. The van der Waals surface area contributed by atoms with Gasteiger partial charge in [0.15, 0.2) is 0 Å². The molecule has 1 unspecified atom stereocenters. The first-order valence-corrected chi connectivity index (χ1v) is 7.57. The van der Waals surface area contributed by atoms with E-state index in [-0.39, 0.29) is 0 Å². The smallest absolute Gasteiger partial charge is 0.0205 e. The summed E-state index contributed by atoms with van der Waals surface area (Å²) in [6.07, 6.45) is 3.41. The van der Waals surface area contributed by atoms with E-state index in [4.69, 9.17) is 0 Å². The Balaban J connectivity index is 2.17. The maximum absolute atomic E-state index is 3.47. The molecule has 1 aromatic carbocycles. The van der Waals surface area contributed by atoms with E-state index in [1.807, 2.05) is 11.8 Å². The number of hydrogen-bond donors (Lipinski definition) is 1. The van der Waals surface area contributed by atoms with Crippen molar-refractivity contribution in [1.82, 2.24) is 5.32 Å². The Kier molecular flexibility index (Phi) is 6.68. The van der Waals surface area contributed by atoms with Gasteiger partial charge in [-0.25, -0.2) is 0 Å². The molecule has 84 valence electrons. The quantitative estimate of drug-likeness (QED) is 0.631. The van der Waals surface area contributed by atoms with Gasteiger partial charge in [0, 0.05) is 15.4 Å². The number of thioether (sulfide) groups is 1. The fourth-order valence-electron chi connectivity index (χ4n) is 1.26. The molecule has 0 aliphatic rings. The highest BCUT2D eigenvalue weighted by Gasteiger charge is 1.98. The number of halogens is 1. The predicted octanol–water partition coefficient (Wildman–Crippen LogP) is 3.52. The average Bonchev–Trinajstić information content (AvgIpc) is 2.26. The van der Waals surface area contributed by atoms with Crippen molar-refractivity contribution < 1.29 is 0 Å². The molecule has 0 radical (unpaired) electrons. The van der Waals surface area contributed by atoms with Crippen molar-refractivity contribution in [3.63, 3.8) is 0 Å². The minimum Gasteiger partial charge on any atom is -0.313 e. The minimum atomic E-state index is 0.759. The van der Waals surface area contributed by atoms with Crippen molar-refractivity contribution in [3.05, 3.63) is 33.4 Å². The summed E-state index contributed by atoms with van der Waals surface area (Å²) in [5.41, 5.74) is 1.37. The number of rotatable bonds is 6. The molecular formula is C12H18INS. The first kappa shape index (κ1) is 13.3. The monoisotopic (exact) mass is 335 g/mol. The van der Waals surface area contributed by atoms with Crippen molar-refractivity contribution in [1.29, 1.82) is 0 Å². The second kappa shape index (κ2) is 7.52. The maximum Gasteiger partial charge on any atom is 0.0205 e. The number of hydrogen-bond acceptors (Lipinski definition) is 2. The Morgan fingerprint density at radius 1 is 1.33 bits per heavy atom. The molecule has 0 amide bonds. The molecule has 0 saturated carbocycles. The Labute approximate surface area is 111 Å². The summed E-state index contributed by atoms with van der Waals surface area (Å²) in [4.78, 5) is 0. The molecule has 0 aromatic heterocycles. The van der Waals surface area contributed by atoms with Gasteiger partial charge in [0.05, 0.1) is 0 Å². The second-order valence-electron chi connectivity index (χ2n) is 3.64. The molecule has 1 N–H and O–H groups in total. The van der Waals surface area contributed by atoms with Gasteiger partial charge < -0.3 is 5.32 Å². The molecule has 1 atom stereocenters. The van der Waals surface area contributed by atoms with Crippen LogP contribution in [-0.4, -0.2) is 18.1 Å². The average molecular weight is 335 g/mol. The van der Waals surface area contributed by atoms with Crippen molar-refractivity contribution >= 4 is 34.4 Å². The lowest BCUT2D eigenvalue weighted by atomic mass is 10.2. The third kappa shape index (κ3) is 5.78. The van der Waals surface area contributed by atoms with E-state index >= 15 is 0 Å². The zero-order valence-corrected chi connectivity index (χ0v) is 12.3. The number of benzene rings is 1. The van der Waals surface area contributed by atoms with Gasteiger partial charge in [0.1, 0.15) is 0 Å². The summed E-state index contributed by atoms with van der Waals surface area (Å²) in [5, 5.41) is 4.23. The van der Waals surface area contributed by atoms with Gasteiger partial charge in [-0.3, -0.25) is 0 Å². The van der Waals surface area contributed by atoms with Crippen LogP contribution in [-0.2, 0) is 6.54 Å². The molecule has 0 aliphatic heterocycles. The largest absolute Gasteiger partial charge is 0.313 e. The fourth-order valence-corrected chi connectivity index (χ4v) is 1.97. The molecule has 1 aromatic rings. The van der Waals surface area contributed by atoms with Crippen LogP contribution >= 0.6 is 34.4 Å². The lowest BCUT2D eigenvalue weighted by molar-refractivity contribution is 0.648. The van der Waals surface area contributed by atoms with Crippen molar-refractivity contribution in [2.24, 2.45) is 0 Å². The predicted molar refractivity (Wildman–Crippen MR) is 78.5 cm³/mol. The van der Waals surface area contributed by atoms with Crippen LogP contribution in [0.15, 0.2) is 24.3 Å². The molecule has 0 bridgehead atoms. The second-order valence-corrected chi connectivity index (χ2v) is 6.16. The maximum atomic E-state index is 3.47. The van der Waals surface area contributed by atoms with E-state index in [2.05, 4.69) is 65.4 Å². The molecular weight excluding hydrogens is 317 g/mol. The molecule has 0 spiro atoms. The standard InChI is InChI=1S/C12H18INS/c1-10(15-2)7-8-14-9-11-3-5-12(13)6-4-11/h3-6,10,14H,7-9H2,1-2H3. The zero-order chi connectivity index (χ0) is 11.1. The number of nitrogens with one attached hydrogen (secondary N) is 1. The van der Waals surface area contributed by atoms with Crippen molar-refractivity contribution in [3.8, 4) is 0 Å². The van der Waals surface area contributed by atoms with Gasteiger partial charge in [-0.05, 0) is 59.5 Å². The van der Waals surface area contributed by atoms with Crippen molar-refractivity contribution in [2.45, 2.75) is 25.1 Å². The SMILES string of the molecule is CSC(C)CCNCc1ccc(I)cc1. The van der Waals surface area contributed by atoms with Gasteiger partial charge >= 0.3 is 0 Å². The molecule has 1 rings (SSSR count). The van der Waals surface area contributed by atoms with E-state index in [0.717, 1.165) is 18.3 Å². The summed E-state index contributed by atoms with van der Waals surface area (Å²) in [6.45, 7) is 4.36. The summed E-state index contributed by atoms with van der Waals surface area (Å²) in [6, 6.07) is 8.68. The van der Waals surface area contributed by atoms with E-state index in [9.17, 15) is 0 Å². The first-order chi connectivity index (χ1) is 7.22. The van der Waals surface area contributed by atoms with Gasteiger partial charge in [-0.1, -0.05) is 19.1 Å². The Morgan fingerprint density at radius 3 is 2.60 bits per heavy atom. The van der Waals surface area contributed by atoms with Gasteiger partial charge in [0.2, 0.25) is 0 Å². The Hall–Kier alpha value is 0.260. The van der Waals surface area contributed by atoms with E-state index in [1.54, 1.807) is 0 Å². The van der Waals surface area contributed by atoms with Crippen molar-refractivity contribution in [2.75, 3.05) is 12.8 Å². The third-order valence-corrected chi connectivity index (χ3v) is 4.13. The lowest BCUT2D eigenvalue weighted by Crippen LogP contribution is -2.17. The molecule has 0 aliphatic carbocycles. The van der Waals surface area contributed by atoms with Crippen LogP contribution in [0.2, 0.25) is 0 Å². The summed E-state index contributed by atoms with van der Waals surface area (Å²) >= 11 is 4.26. The normalized spacial score (nSPS) is 12.7. The van der Waals surface area contributed by atoms with Crippen LogP contribution in [0.25, 0.3) is 0 Å². The first-order valence-electron chi connectivity index (χ1n) is 5.20. The topological polar surface area (TPSA) is 12.0 Å². The summed E-state index contributed by atoms with van der Waals surface area (Å²) in [7, 11) is 0. The van der Waals surface area contributed by atoms with Gasteiger partial charge in [0.25, 0.3) is 0 Å². The fraction of sp³-hybridized carbons (Fsp3) is 0.500. The highest BCUT2D eigenvalue weighted by molar-refractivity contribution is 14.1. The highest BCUT2D eigenvalue weighted by atomic mass is 127. The van der Waals surface area contributed by atoms with E-state index < -0.39 is 0 Å². The van der Waals surface area contributed by atoms with Crippen LogP contribution in [0.5, 0.6) is 0 Å². The third-order valence-electron chi connectivity index (χ3n) is 2.37. The molecule has 3 heteroatoms. The molecule has 0 fully saturated rings. The van der Waals surface area contributed by atoms with Crippen LogP contribution in [0.4, 0.5) is 0 Å². The minimum absolute atomic E-state index is 0.759. The molecule has 15 heavy (non-hydrogen) atoms.